The summed E-state index contributed by atoms with van der Waals surface area (Å²) in [5.41, 5.74) is 10.1. The molecule has 0 aliphatic carbocycles. The summed E-state index contributed by atoms with van der Waals surface area (Å²) in [5, 5.41) is 8.91. The fourth-order valence-corrected chi connectivity index (χ4v) is 2.96. The van der Waals surface area contributed by atoms with E-state index in [0.717, 1.165) is 37.4 Å². The minimum absolute atomic E-state index is 0.256. The highest BCUT2D eigenvalue weighted by atomic mass is 16.4. The highest BCUT2D eigenvalue weighted by Gasteiger charge is 2.17. The summed E-state index contributed by atoms with van der Waals surface area (Å²) < 4.78 is 0. The molecular weight excluding hydrogens is 290 g/mol. The van der Waals surface area contributed by atoms with Gasteiger partial charge in [-0.2, -0.15) is 0 Å². The van der Waals surface area contributed by atoms with Gasteiger partial charge in [0.2, 0.25) is 0 Å². The normalized spacial score (nSPS) is 15.9. The van der Waals surface area contributed by atoms with E-state index in [0.29, 0.717) is 0 Å². The van der Waals surface area contributed by atoms with Gasteiger partial charge in [-0.1, -0.05) is 30.3 Å². The van der Waals surface area contributed by atoms with Crippen LogP contribution >= 0.6 is 0 Å². The molecule has 1 aromatic heterocycles. The van der Waals surface area contributed by atoms with Crippen molar-refractivity contribution in [3.05, 3.63) is 65.0 Å². The molecule has 1 aliphatic heterocycles. The quantitative estimate of drug-likeness (QED) is 0.876. The number of rotatable bonds is 5. The zero-order chi connectivity index (χ0) is 16.2. The fourth-order valence-electron chi connectivity index (χ4n) is 2.96. The molecule has 0 spiro atoms. The third-order valence-electron chi connectivity index (χ3n) is 4.21. The lowest BCUT2D eigenvalue weighted by atomic mass is 10.00. The average molecular weight is 311 g/mol. The number of carbonyl (C=O) groups is 1. The first kappa shape index (κ1) is 15.6. The van der Waals surface area contributed by atoms with Gasteiger partial charge in [0, 0.05) is 31.7 Å². The molecule has 1 aliphatic rings. The number of nitrogens with zero attached hydrogens (tertiary/aromatic N) is 2. The Morgan fingerprint density at radius 2 is 1.91 bits per heavy atom. The second kappa shape index (κ2) is 6.89. The van der Waals surface area contributed by atoms with Crippen molar-refractivity contribution in [2.24, 2.45) is 5.73 Å². The van der Waals surface area contributed by atoms with E-state index >= 15 is 0 Å². The van der Waals surface area contributed by atoms with Crippen LogP contribution in [-0.2, 0) is 30.7 Å². The monoisotopic (exact) mass is 311 g/mol. The van der Waals surface area contributed by atoms with Crippen molar-refractivity contribution >= 4 is 5.97 Å². The number of pyridine rings is 1. The van der Waals surface area contributed by atoms with Gasteiger partial charge in [0.15, 0.2) is 0 Å². The molecule has 2 heterocycles. The molecule has 0 fully saturated rings. The first-order valence-corrected chi connectivity index (χ1v) is 7.84. The Balaban J connectivity index is 1.66. The van der Waals surface area contributed by atoms with E-state index in [4.69, 9.17) is 10.8 Å². The summed E-state index contributed by atoms with van der Waals surface area (Å²) in [6.45, 7) is 2.71. The van der Waals surface area contributed by atoms with Crippen LogP contribution in [0.3, 0.4) is 0 Å². The molecule has 0 saturated heterocycles. The van der Waals surface area contributed by atoms with Gasteiger partial charge in [-0.15, -0.1) is 0 Å². The van der Waals surface area contributed by atoms with Crippen molar-refractivity contribution in [2.75, 3.05) is 6.54 Å². The van der Waals surface area contributed by atoms with Gasteiger partial charge in [0.05, 0.1) is 5.69 Å². The number of benzene rings is 1. The van der Waals surface area contributed by atoms with Crippen molar-refractivity contribution in [3.8, 4) is 0 Å². The molecule has 0 radical (unpaired) electrons. The lowest BCUT2D eigenvalue weighted by Gasteiger charge is -2.28. The number of aromatic nitrogens is 1. The van der Waals surface area contributed by atoms with E-state index < -0.39 is 12.0 Å². The number of aliphatic carboxylic acids is 1. The third kappa shape index (κ3) is 3.94. The minimum atomic E-state index is -0.996. The Hall–Kier alpha value is -2.24. The van der Waals surface area contributed by atoms with E-state index in [1.165, 1.54) is 11.1 Å². The summed E-state index contributed by atoms with van der Waals surface area (Å²) in [5.74, 6) is -0.996. The maximum absolute atomic E-state index is 10.9. The van der Waals surface area contributed by atoms with Gasteiger partial charge < -0.3 is 10.8 Å². The average Bonchev–Trinajstić information content (AvgIpc) is 2.55. The van der Waals surface area contributed by atoms with Crippen LogP contribution in [0.1, 0.15) is 22.5 Å². The summed E-state index contributed by atoms with van der Waals surface area (Å²) in [4.78, 5) is 17.8. The molecule has 1 aromatic carbocycles. The standard InChI is InChI=1S/C18H21N3O2/c19-17(18(22)23)10-15-6-3-7-16(20-15)12-21-9-8-13-4-1-2-5-14(13)11-21/h1-7,17H,8-12,19H2,(H,22,23). The molecule has 0 amide bonds. The molecule has 3 rings (SSSR count). The maximum atomic E-state index is 10.9. The molecule has 5 nitrogen and oxygen atoms in total. The van der Waals surface area contributed by atoms with Crippen LogP contribution < -0.4 is 5.73 Å². The molecule has 120 valence electrons. The van der Waals surface area contributed by atoms with Crippen molar-refractivity contribution in [1.82, 2.24) is 9.88 Å². The van der Waals surface area contributed by atoms with Crippen molar-refractivity contribution in [3.63, 3.8) is 0 Å². The summed E-state index contributed by atoms with van der Waals surface area (Å²) in [6.07, 6.45) is 1.31. The van der Waals surface area contributed by atoms with Crippen LogP contribution in [0.25, 0.3) is 0 Å². The number of hydrogen-bond acceptors (Lipinski definition) is 4. The SMILES string of the molecule is NC(Cc1cccc(CN2CCc3ccccc3C2)n1)C(=O)O. The molecule has 1 atom stereocenters. The number of hydrogen-bond donors (Lipinski definition) is 2. The van der Waals surface area contributed by atoms with Gasteiger partial charge in [-0.25, -0.2) is 0 Å². The highest BCUT2D eigenvalue weighted by molar-refractivity contribution is 5.73. The lowest BCUT2D eigenvalue weighted by molar-refractivity contribution is -0.138. The van der Waals surface area contributed by atoms with Crippen LogP contribution in [0.2, 0.25) is 0 Å². The van der Waals surface area contributed by atoms with Crippen LogP contribution in [0.15, 0.2) is 42.5 Å². The molecular formula is C18H21N3O2. The summed E-state index contributed by atoms with van der Waals surface area (Å²) in [7, 11) is 0. The topological polar surface area (TPSA) is 79.5 Å². The van der Waals surface area contributed by atoms with Crippen LogP contribution in [0.5, 0.6) is 0 Å². The number of carboxylic acid groups (broad SMARTS) is 1. The molecule has 2 aromatic rings. The highest BCUT2D eigenvalue weighted by Crippen LogP contribution is 2.19. The van der Waals surface area contributed by atoms with Crippen LogP contribution in [0, 0.1) is 0 Å². The van der Waals surface area contributed by atoms with E-state index in [-0.39, 0.29) is 6.42 Å². The zero-order valence-corrected chi connectivity index (χ0v) is 13.0. The predicted molar refractivity (Wildman–Crippen MR) is 87.8 cm³/mol. The lowest BCUT2D eigenvalue weighted by Crippen LogP contribution is -2.33. The zero-order valence-electron chi connectivity index (χ0n) is 13.0. The fraction of sp³-hybridized carbons (Fsp3) is 0.333. The predicted octanol–water partition coefficient (Wildman–Crippen LogP) is 1.59. The Morgan fingerprint density at radius 1 is 1.17 bits per heavy atom. The smallest absolute Gasteiger partial charge is 0.320 e. The summed E-state index contributed by atoms with van der Waals surface area (Å²) in [6, 6.07) is 13.4. The van der Waals surface area contributed by atoms with E-state index in [1.807, 2.05) is 18.2 Å². The Morgan fingerprint density at radius 3 is 2.70 bits per heavy atom. The Labute approximate surface area is 135 Å². The van der Waals surface area contributed by atoms with Gasteiger partial charge in [0.25, 0.3) is 0 Å². The molecule has 0 bridgehead atoms. The molecule has 5 heteroatoms. The largest absolute Gasteiger partial charge is 0.480 e. The van der Waals surface area contributed by atoms with Crippen LogP contribution in [-0.4, -0.2) is 33.5 Å². The first-order chi connectivity index (χ1) is 11.1. The second-order valence-corrected chi connectivity index (χ2v) is 6.00. The molecule has 23 heavy (non-hydrogen) atoms. The number of nitrogens with two attached hydrogens (primary N) is 1. The van der Waals surface area contributed by atoms with E-state index in [1.54, 1.807) is 0 Å². The van der Waals surface area contributed by atoms with Gasteiger partial charge in [-0.3, -0.25) is 14.7 Å². The van der Waals surface area contributed by atoms with Gasteiger partial charge in [-0.05, 0) is 29.7 Å². The minimum Gasteiger partial charge on any atom is -0.480 e. The third-order valence-corrected chi connectivity index (χ3v) is 4.21. The van der Waals surface area contributed by atoms with E-state index in [9.17, 15) is 4.79 Å². The van der Waals surface area contributed by atoms with Crippen molar-refractivity contribution in [1.29, 1.82) is 0 Å². The number of carboxylic acids is 1. The number of fused-ring (bicyclic) bond motifs is 1. The second-order valence-electron chi connectivity index (χ2n) is 6.00. The van der Waals surface area contributed by atoms with Crippen molar-refractivity contribution < 1.29 is 9.90 Å². The molecule has 3 N–H and O–H groups in total. The summed E-state index contributed by atoms with van der Waals surface area (Å²) >= 11 is 0. The Bertz CT molecular complexity index is 702. The molecule has 1 unspecified atom stereocenters. The first-order valence-electron chi connectivity index (χ1n) is 7.84. The maximum Gasteiger partial charge on any atom is 0.320 e. The van der Waals surface area contributed by atoms with Gasteiger partial charge >= 0.3 is 5.97 Å². The van der Waals surface area contributed by atoms with Gasteiger partial charge in [0.1, 0.15) is 6.04 Å². The van der Waals surface area contributed by atoms with E-state index in [2.05, 4.69) is 34.1 Å². The van der Waals surface area contributed by atoms with Crippen LogP contribution in [0.4, 0.5) is 0 Å². The van der Waals surface area contributed by atoms with Crippen molar-refractivity contribution in [2.45, 2.75) is 32.0 Å². The Kier molecular flexibility index (Phi) is 4.69. The molecule has 0 saturated carbocycles.